The summed E-state index contributed by atoms with van der Waals surface area (Å²) in [6, 6.07) is 9.53. The first-order valence-electron chi connectivity index (χ1n) is 7.15. The molecule has 0 aliphatic heterocycles. The van der Waals surface area contributed by atoms with Crippen LogP contribution in [0.3, 0.4) is 0 Å². The third-order valence-corrected chi connectivity index (χ3v) is 5.11. The maximum Gasteiger partial charge on any atom is 0.212 e. The van der Waals surface area contributed by atoms with Gasteiger partial charge in [0.1, 0.15) is 33.3 Å². The summed E-state index contributed by atoms with van der Waals surface area (Å²) in [5.74, 6) is -2.95. The van der Waals surface area contributed by atoms with Crippen molar-refractivity contribution in [3.63, 3.8) is 0 Å². The number of nitrogens with zero attached hydrogens (tertiary/aromatic N) is 1. The van der Waals surface area contributed by atoms with Gasteiger partial charge in [0.2, 0.25) is 5.78 Å². The minimum absolute atomic E-state index is 0.0730. The van der Waals surface area contributed by atoms with Gasteiger partial charge in [-0.3, -0.25) is 4.79 Å². The fourth-order valence-corrected chi connectivity index (χ4v) is 3.43. The number of nitrogens with two attached hydrogens (primary N) is 2. The fourth-order valence-electron chi connectivity index (χ4n) is 2.17. The van der Waals surface area contributed by atoms with Gasteiger partial charge in [-0.05, 0) is 36.4 Å². The van der Waals surface area contributed by atoms with Crippen LogP contribution in [0.15, 0.2) is 47.4 Å². The van der Waals surface area contributed by atoms with Crippen molar-refractivity contribution in [3.05, 3.63) is 64.5 Å². The fraction of sp³-hybridized carbons (Fsp3) is 0. The van der Waals surface area contributed by atoms with Gasteiger partial charge >= 0.3 is 0 Å². The number of halogens is 2. The number of rotatable bonds is 5. The van der Waals surface area contributed by atoms with E-state index in [4.69, 9.17) is 10.9 Å². The number of thiazole rings is 1. The number of ketones is 1. The lowest BCUT2D eigenvalue weighted by molar-refractivity contribution is 0.103. The third-order valence-electron chi connectivity index (χ3n) is 3.39. The van der Waals surface area contributed by atoms with Crippen LogP contribution in [0.25, 0.3) is 0 Å². The van der Waals surface area contributed by atoms with Crippen molar-refractivity contribution >= 4 is 44.7 Å². The Labute approximate surface area is 153 Å². The molecule has 134 valence electrons. The molecule has 1 atom stereocenters. The van der Waals surface area contributed by atoms with Gasteiger partial charge < -0.3 is 11.1 Å². The Kier molecular flexibility index (Phi) is 5.07. The summed E-state index contributed by atoms with van der Waals surface area (Å²) in [6.45, 7) is 0. The van der Waals surface area contributed by atoms with Crippen LogP contribution in [-0.4, -0.2) is 15.0 Å². The minimum Gasteiger partial charge on any atom is -0.382 e. The maximum absolute atomic E-state index is 13.8. The molecule has 0 saturated carbocycles. The lowest BCUT2D eigenvalue weighted by Gasteiger charge is -2.03. The topological polar surface area (TPSA) is 111 Å². The van der Waals surface area contributed by atoms with Crippen LogP contribution >= 0.6 is 11.3 Å². The summed E-state index contributed by atoms with van der Waals surface area (Å²) >= 11 is 0.870. The Bertz CT molecular complexity index is 986. The van der Waals surface area contributed by atoms with Gasteiger partial charge in [0.05, 0.1) is 10.5 Å². The van der Waals surface area contributed by atoms with Gasteiger partial charge in [0, 0.05) is 5.69 Å². The monoisotopic (exact) mass is 394 g/mol. The highest BCUT2D eigenvalue weighted by molar-refractivity contribution is 7.82. The average molecular weight is 394 g/mol. The Balaban J connectivity index is 1.87. The Morgan fingerprint density at radius 3 is 2.31 bits per heavy atom. The average Bonchev–Trinajstić information content (AvgIpc) is 2.95. The predicted molar refractivity (Wildman–Crippen MR) is 96.6 cm³/mol. The molecule has 10 heteroatoms. The smallest absolute Gasteiger partial charge is 0.212 e. The quantitative estimate of drug-likeness (QED) is 0.576. The molecule has 3 rings (SSSR count). The molecular formula is C16H12F2N4O2S2. The van der Waals surface area contributed by atoms with Gasteiger partial charge in [-0.2, -0.15) is 0 Å². The van der Waals surface area contributed by atoms with E-state index in [2.05, 4.69) is 10.3 Å². The van der Waals surface area contributed by atoms with Crippen molar-refractivity contribution in [1.82, 2.24) is 4.98 Å². The molecule has 0 saturated heterocycles. The molecule has 0 fully saturated rings. The number of anilines is 3. The van der Waals surface area contributed by atoms with E-state index >= 15 is 0 Å². The van der Waals surface area contributed by atoms with Crippen LogP contribution in [0, 0.1) is 11.6 Å². The highest BCUT2D eigenvalue weighted by Gasteiger charge is 2.24. The van der Waals surface area contributed by atoms with E-state index in [1.807, 2.05) is 0 Å². The van der Waals surface area contributed by atoms with Crippen LogP contribution in [0.1, 0.15) is 15.2 Å². The van der Waals surface area contributed by atoms with Crippen molar-refractivity contribution in [2.45, 2.75) is 4.90 Å². The third kappa shape index (κ3) is 3.62. The molecule has 3 aromatic rings. The molecular weight excluding hydrogens is 382 g/mol. The van der Waals surface area contributed by atoms with Crippen molar-refractivity contribution in [1.29, 1.82) is 0 Å². The number of nitrogen functional groups attached to an aromatic ring is 1. The first kappa shape index (κ1) is 18.1. The van der Waals surface area contributed by atoms with E-state index in [0.717, 1.165) is 23.5 Å². The van der Waals surface area contributed by atoms with E-state index in [9.17, 15) is 17.8 Å². The minimum atomic E-state index is -1.59. The van der Waals surface area contributed by atoms with Gasteiger partial charge in [0.25, 0.3) is 0 Å². The molecule has 5 N–H and O–H groups in total. The highest BCUT2D eigenvalue weighted by Crippen LogP contribution is 2.31. The number of carbonyl (C=O) groups excluding carboxylic acids is 1. The molecule has 2 aromatic carbocycles. The molecule has 0 amide bonds. The zero-order chi connectivity index (χ0) is 18.8. The van der Waals surface area contributed by atoms with Crippen LogP contribution in [0.5, 0.6) is 0 Å². The van der Waals surface area contributed by atoms with E-state index in [1.165, 1.54) is 6.07 Å². The van der Waals surface area contributed by atoms with Crippen LogP contribution in [0.2, 0.25) is 0 Å². The van der Waals surface area contributed by atoms with Crippen molar-refractivity contribution in [2.24, 2.45) is 5.14 Å². The second-order valence-electron chi connectivity index (χ2n) is 5.11. The van der Waals surface area contributed by atoms with Crippen molar-refractivity contribution in [3.8, 4) is 0 Å². The van der Waals surface area contributed by atoms with E-state index in [-0.39, 0.29) is 15.8 Å². The van der Waals surface area contributed by atoms with Crippen LogP contribution in [0.4, 0.5) is 25.4 Å². The molecule has 1 heterocycles. The molecule has 0 radical (unpaired) electrons. The molecule has 0 aliphatic rings. The summed E-state index contributed by atoms with van der Waals surface area (Å²) < 4.78 is 38.8. The van der Waals surface area contributed by atoms with E-state index in [0.29, 0.717) is 10.6 Å². The SMILES string of the molecule is Nc1nc(Nc2ccc(S(N)=O)cc2)sc1C(=O)c1c(F)cccc1F. The van der Waals surface area contributed by atoms with Gasteiger partial charge in [-0.25, -0.2) is 23.1 Å². The predicted octanol–water partition coefficient (Wildman–Crippen LogP) is 2.96. The summed E-state index contributed by atoms with van der Waals surface area (Å²) in [5, 5.41) is 8.46. The van der Waals surface area contributed by atoms with Gasteiger partial charge in [-0.15, -0.1) is 0 Å². The van der Waals surface area contributed by atoms with Gasteiger partial charge in [-0.1, -0.05) is 17.4 Å². The number of carbonyl (C=O) groups is 1. The first-order chi connectivity index (χ1) is 12.4. The molecule has 26 heavy (non-hydrogen) atoms. The molecule has 0 aliphatic carbocycles. The summed E-state index contributed by atoms with van der Waals surface area (Å²) in [6.07, 6.45) is 0. The van der Waals surface area contributed by atoms with E-state index < -0.39 is 34.0 Å². The normalized spacial score (nSPS) is 12.0. The largest absolute Gasteiger partial charge is 0.382 e. The number of nitrogens with one attached hydrogen (secondary N) is 1. The molecule has 1 aromatic heterocycles. The zero-order valence-corrected chi connectivity index (χ0v) is 14.7. The maximum atomic E-state index is 13.8. The molecule has 0 bridgehead atoms. The van der Waals surface area contributed by atoms with Crippen molar-refractivity contribution < 1.29 is 17.8 Å². The zero-order valence-electron chi connectivity index (χ0n) is 13.0. The molecule has 6 nitrogen and oxygen atoms in total. The first-order valence-corrected chi connectivity index (χ1v) is 9.18. The van der Waals surface area contributed by atoms with Gasteiger partial charge in [0.15, 0.2) is 5.13 Å². The lowest BCUT2D eigenvalue weighted by Crippen LogP contribution is -2.07. The standard InChI is InChI=1S/C16H12F2N4O2S2/c17-10-2-1-3-11(18)12(10)13(23)14-15(19)22-16(25-14)21-8-4-6-9(7-5-8)26(20)24/h1-7H,19-20H2,(H,21,22). The van der Waals surface area contributed by atoms with E-state index in [1.54, 1.807) is 24.3 Å². The Hall–Kier alpha value is -2.69. The highest BCUT2D eigenvalue weighted by atomic mass is 32.2. The van der Waals surface area contributed by atoms with Crippen LogP contribution < -0.4 is 16.2 Å². The molecule has 0 spiro atoms. The number of hydrogen-bond acceptors (Lipinski definition) is 6. The molecule has 1 unspecified atom stereocenters. The number of hydrogen-bond donors (Lipinski definition) is 3. The lowest BCUT2D eigenvalue weighted by atomic mass is 10.1. The number of benzene rings is 2. The Morgan fingerprint density at radius 1 is 1.12 bits per heavy atom. The second kappa shape index (κ2) is 7.28. The summed E-state index contributed by atoms with van der Waals surface area (Å²) in [7, 11) is -1.59. The second-order valence-corrected chi connectivity index (χ2v) is 7.17. The summed E-state index contributed by atoms with van der Waals surface area (Å²) in [5.41, 5.74) is 5.64. The van der Waals surface area contributed by atoms with Crippen LogP contribution in [-0.2, 0) is 11.0 Å². The number of aromatic nitrogens is 1. The van der Waals surface area contributed by atoms with Crippen molar-refractivity contribution in [2.75, 3.05) is 11.1 Å². The summed E-state index contributed by atoms with van der Waals surface area (Å²) in [4.78, 5) is 16.8. The Morgan fingerprint density at radius 2 is 1.73 bits per heavy atom.